The number of rotatable bonds is 5. The van der Waals surface area contributed by atoms with Gasteiger partial charge < -0.3 is 19.8 Å². The zero-order valence-electron chi connectivity index (χ0n) is 9.77. The van der Waals surface area contributed by atoms with Crippen LogP contribution in [0.3, 0.4) is 0 Å². The molecule has 0 spiro atoms. The Morgan fingerprint density at radius 1 is 1.69 bits per heavy atom. The van der Waals surface area contributed by atoms with Crippen LogP contribution in [0.1, 0.15) is 24.3 Å². The van der Waals surface area contributed by atoms with E-state index in [4.69, 9.17) is 10.5 Å². The Morgan fingerprint density at radius 3 is 2.94 bits per heavy atom. The molecule has 0 radical (unpaired) electrons. The van der Waals surface area contributed by atoms with Crippen LogP contribution in [0, 0.1) is 0 Å². The number of methoxy groups -OCH3 is 1. The van der Waals surface area contributed by atoms with Gasteiger partial charge in [-0.15, -0.1) is 0 Å². The summed E-state index contributed by atoms with van der Waals surface area (Å²) < 4.78 is 11.6. The van der Waals surface area contributed by atoms with Gasteiger partial charge in [0.15, 0.2) is 5.69 Å². The fraction of sp³-hybridized carbons (Fsp3) is 0.600. The summed E-state index contributed by atoms with van der Waals surface area (Å²) in [6.45, 7) is 5.05. The van der Waals surface area contributed by atoms with Crippen LogP contribution in [0.15, 0.2) is 6.33 Å². The maximum Gasteiger partial charge on any atom is 0.360 e. The van der Waals surface area contributed by atoms with Crippen LogP contribution in [0.25, 0.3) is 0 Å². The first-order valence-electron chi connectivity index (χ1n) is 5.10. The molecule has 0 amide bonds. The minimum atomic E-state index is -0.527. The van der Waals surface area contributed by atoms with Crippen molar-refractivity contribution < 1.29 is 14.3 Å². The Bertz CT molecular complexity index is 362. The summed E-state index contributed by atoms with van der Waals surface area (Å²) in [6, 6.07) is 0. The number of nitrogens with two attached hydrogens (primary N) is 1. The lowest BCUT2D eigenvalue weighted by Gasteiger charge is -2.13. The number of carbonyl (C=O) groups excluding carboxylic acids is 1. The largest absolute Gasteiger partial charge is 0.464 e. The predicted molar refractivity (Wildman–Crippen MR) is 59.1 cm³/mol. The number of carbonyl (C=O) groups is 1. The number of hydrogen-bond donors (Lipinski definition) is 1. The Labute approximate surface area is 94.4 Å². The van der Waals surface area contributed by atoms with E-state index in [2.05, 4.69) is 9.72 Å². The normalized spacial score (nSPS) is 12.4. The summed E-state index contributed by atoms with van der Waals surface area (Å²) >= 11 is 0. The van der Waals surface area contributed by atoms with Crippen molar-refractivity contribution in [1.82, 2.24) is 9.55 Å². The molecule has 1 aromatic heterocycles. The van der Waals surface area contributed by atoms with E-state index < -0.39 is 5.97 Å². The summed E-state index contributed by atoms with van der Waals surface area (Å²) in [5.41, 5.74) is 5.91. The maximum atomic E-state index is 11.2. The Morgan fingerprint density at radius 2 is 2.38 bits per heavy atom. The molecule has 16 heavy (non-hydrogen) atoms. The standard InChI is InChI=1S/C10H17N3O3/c1-4-16-7(2)5-13-6-12-8(9(13)11)10(14)15-3/h6-7H,4-5,11H2,1-3H3. The fourth-order valence-electron chi connectivity index (χ4n) is 1.41. The van der Waals surface area contributed by atoms with Crippen molar-refractivity contribution in [2.75, 3.05) is 19.5 Å². The van der Waals surface area contributed by atoms with Crippen molar-refractivity contribution in [3.8, 4) is 0 Å². The maximum absolute atomic E-state index is 11.2. The average molecular weight is 227 g/mol. The van der Waals surface area contributed by atoms with Gasteiger partial charge in [0.1, 0.15) is 5.82 Å². The third-order valence-electron chi connectivity index (χ3n) is 2.16. The van der Waals surface area contributed by atoms with Crippen LogP contribution in [-0.4, -0.2) is 35.3 Å². The van der Waals surface area contributed by atoms with Gasteiger partial charge in [-0.05, 0) is 13.8 Å². The lowest BCUT2D eigenvalue weighted by molar-refractivity contribution is 0.0592. The molecule has 90 valence electrons. The molecule has 0 aromatic carbocycles. The number of nitrogen functional groups attached to an aromatic ring is 1. The number of aromatic nitrogens is 2. The van der Waals surface area contributed by atoms with E-state index in [1.54, 1.807) is 4.57 Å². The highest BCUT2D eigenvalue weighted by Gasteiger charge is 2.16. The summed E-state index contributed by atoms with van der Waals surface area (Å²) in [6.07, 6.45) is 1.53. The minimum Gasteiger partial charge on any atom is -0.464 e. The molecule has 0 bridgehead atoms. The number of hydrogen-bond acceptors (Lipinski definition) is 5. The predicted octanol–water partition coefficient (Wildman–Crippen LogP) is 0.677. The van der Waals surface area contributed by atoms with Gasteiger partial charge in [0.25, 0.3) is 0 Å². The first-order chi connectivity index (χ1) is 7.60. The molecule has 1 atom stereocenters. The van der Waals surface area contributed by atoms with E-state index in [0.29, 0.717) is 19.0 Å². The zero-order valence-corrected chi connectivity index (χ0v) is 9.77. The van der Waals surface area contributed by atoms with Crippen molar-refractivity contribution >= 4 is 11.8 Å². The molecular formula is C10H17N3O3. The van der Waals surface area contributed by atoms with E-state index in [1.807, 2.05) is 13.8 Å². The van der Waals surface area contributed by atoms with Gasteiger partial charge in [-0.25, -0.2) is 9.78 Å². The van der Waals surface area contributed by atoms with Gasteiger partial charge in [0, 0.05) is 6.61 Å². The molecule has 0 fully saturated rings. The first-order valence-corrected chi connectivity index (χ1v) is 5.10. The van der Waals surface area contributed by atoms with Crippen LogP contribution >= 0.6 is 0 Å². The molecule has 0 aliphatic carbocycles. The molecule has 2 N–H and O–H groups in total. The average Bonchev–Trinajstić information content (AvgIpc) is 2.60. The monoisotopic (exact) mass is 227 g/mol. The highest BCUT2D eigenvalue weighted by atomic mass is 16.5. The molecule has 0 saturated carbocycles. The molecule has 1 unspecified atom stereocenters. The molecule has 0 saturated heterocycles. The second-order valence-electron chi connectivity index (χ2n) is 3.39. The molecule has 1 heterocycles. The van der Waals surface area contributed by atoms with Gasteiger partial charge in [-0.1, -0.05) is 0 Å². The number of esters is 1. The van der Waals surface area contributed by atoms with Crippen molar-refractivity contribution in [3.63, 3.8) is 0 Å². The SMILES string of the molecule is CCOC(C)Cn1cnc(C(=O)OC)c1N. The summed E-state index contributed by atoms with van der Waals surface area (Å²) in [5.74, 6) is -0.223. The second-order valence-corrected chi connectivity index (χ2v) is 3.39. The molecule has 1 aromatic rings. The lowest BCUT2D eigenvalue weighted by atomic mass is 10.4. The lowest BCUT2D eigenvalue weighted by Crippen LogP contribution is -2.18. The van der Waals surface area contributed by atoms with Gasteiger partial charge in [-0.2, -0.15) is 0 Å². The number of ether oxygens (including phenoxy) is 2. The Balaban J connectivity index is 2.76. The smallest absolute Gasteiger partial charge is 0.360 e. The van der Waals surface area contributed by atoms with Crippen LogP contribution < -0.4 is 5.73 Å². The fourth-order valence-corrected chi connectivity index (χ4v) is 1.41. The number of imidazole rings is 1. The Hall–Kier alpha value is -1.56. The third kappa shape index (κ3) is 2.73. The van der Waals surface area contributed by atoms with E-state index in [9.17, 15) is 4.79 Å². The van der Waals surface area contributed by atoms with Gasteiger partial charge >= 0.3 is 5.97 Å². The van der Waals surface area contributed by atoms with Gasteiger partial charge in [0.05, 0.1) is 26.1 Å². The van der Waals surface area contributed by atoms with Gasteiger partial charge in [-0.3, -0.25) is 0 Å². The molecule has 6 heteroatoms. The van der Waals surface area contributed by atoms with Crippen LogP contribution in [0.2, 0.25) is 0 Å². The Kier molecular flexibility index (Phi) is 4.30. The van der Waals surface area contributed by atoms with E-state index >= 15 is 0 Å². The molecule has 0 aliphatic rings. The first kappa shape index (κ1) is 12.5. The highest BCUT2D eigenvalue weighted by molar-refractivity contribution is 5.91. The molecule has 0 aliphatic heterocycles. The topological polar surface area (TPSA) is 79.4 Å². The zero-order chi connectivity index (χ0) is 12.1. The van der Waals surface area contributed by atoms with Crippen LogP contribution in [-0.2, 0) is 16.0 Å². The number of nitrogens with zero attached hydrogens (tertiary/aromatic N) is 2. The highest BCUT2D eigenvalue weighted by Crippen LogP contribution is 2.12. The second kappa shape index (κ2) is 5.50. The summed E-state index contributed by atoms with van der Waals surface area (Å²) in [4.78, 5) is 15.2. The molecule has 6 nitrogen and oxygen atoms in total. The van der Waals surface area contributed by atoms with Crippen LogP contribution in [0.5, 0.6) is 0 Å². The van der Waals surface area contributed by atoms with Crippen molar-refractivity contribution in [2.45, 2.75) is 26.5 Å². The van der Waals surface area contributed by atoms with E-state index in [-0.39, 0.29) is 11.8 Å². The minimum absolute atomic E-state index is 0.0204. The third-order valence-corrected chi connectivity index (χ3v) is 2.16. The van der Waals surface area contributed by atoms with E-state index in [1.165, 1.54) is 13.4 Å². The molecule has 1 rings (SSSR count). The van der Waals surface area contributed by atoms with Crippen molar-refractivity contribution in [1.29, 1.82) is 0 Å². The van der Waals surface area contributed by atoms with Crippen molar-refractivity contribution in [2.24, 2.45) is 0 Å². The quantitative estimate of drug-likeness (QED) is 0.748. The summed E-state index contributed by atoms with van der Waals surface area (Å²) in [5, 5.41) is 0. The van der Waals surface area contributed by atoms with Gasteiger partial charge in [0.2, 0.25) is 0 Å². The number of anilines is 1. The van der Waals surface area contributed by atoms with Crippen molar-refractivity contribution in [3.05, 3.63) is 12.0 Å². The van der Waals surface area contributed by atoms with Crippen LogP contribution in [0.4, 0.5) is 5.82 Å². The molecular weight excluding hydrogens is 210 g/mol. The van der Waals surface area contributed by atoms with E-state index in [0.717, 1.165) is 0 Å². The summed E-state index contributed by atoms with van der Waals surface area (Å²) in [7, 11) is 1.30.